The molecule has 0 fully saturated rings. The van der Waals surface area contributed by atoms with Crippen LogP contribution in [0.15, 0.2) is 24.3 Å². The number of carbonyl (C=O) groups excluding carboxylic acids is 1. The molecular formula is C14H21NO3. The molecule has 0 aliphatic heterocycles. The van der Waals surface area contributed by atoms with Gasteiger partial charge in [-0.15, -0.1) is 0 Å². The molecule has 0 radical (unpaired) electrons. The molecule has 2 N–H and O–H groups in total. The molecular weight excluding hydrogens is 230 g/mol. The van der Waals surface area contributed by atoms with E-state index < -0.39 is 0 Å². The molecule has 4 nitrogen and oxygen atoms in total. The number of hydrogen-bond acceptors (Lipinski definition) is 4. The highest BCUT2D eigenvalue weighted by Crippen LogP contribution is 2.13. The third-order valence-corrected chi connectivity index (χ3v) is 2.55. The zero-order valence-electron chi connectivity index (χ0n) is 11.0. The van der Waals surface area contributed by atoms with Gasteiger partial charge in [0.1, 0.15) is 5.75 Å². The molecule has 0 bridgehead atoms. The Kier molecular flexibility index (Phi) is 6.05. The van der Waals surface area contributed by atoms with E-state index in [1.807, 2.05) is 0 Å². The van der Waals surface area contributed by atoms with Gasteiger partial charge in [-0.1, -0.05) is 20.3 Å². The normalized spacial score (nSPS) is 11.9. The van der Waals surface area contributed by atoms with Crippen LogP contribution in [0.4, 0.5) is 5.69 Å². The van der Waals surface area contributed by atoms with Crippen molar-refractivity contribution in [3.05, 3.63) is 24.3 Å². The van der Waals surface area contributed by atoms with Gasteiger partial charge in [0.05, 0.1) is 6.61 Å². The first kappa shape index (κ1) is 14.4. The summed E-state index contributed by atoms with van der Waals surface area (Å²) in [5.41, 5.74) is 6.21. The molecule has 0 amide bonds. The fourth-order valence-corrected chi connectivity index (χ4v) is 1.56. The fourth-order valence-electron chi connectivity index (χ4n) is 1.56. The average molecular weight is 251 g/mol. The Bertz CT molecular complexity index is 362. The summed E-state index contributed by atoms with van der Waals surface area (Å²) in [6.45, 7) is 4.57. The van der Waals surface area contributed by atoms with Gasteiger partial charge in [0.15, 0.2) is 6.61 Å². The second kappa shape index (κ2) is 7.58. The van der Waals surface area contributed by atoms with Crippen LogP contribution in [0.2, 0.25) is 0 Å². The number of rotatable bonds is 7. The summed E-state index contributed by atoms with van der Waals surface area (Å²) in [6.07, 6.45) is 2.16. The molecule has 100 valence electrons. The molecule has 1 aromatic carbocycles. The monoisotopic (exact) mass is 251 g/mol. The first-order chi connectivity index (χ1) is 8.61. The van der Waals surface area contributed by atoms with E-state index >= 15 is 0 Å². The number of nitrogens with two attached hydrogens (primary N) is 1. The number of esters is 1. The van der Waals surface area contributed by atoms with E-state index in [1.165, 1.54) is 0 Å². The second-order valence-electron chi connectivity index (χ2n) is 4.43. The summed E-state index contributed by atoms with van der Waals surface area (Å²) in [5.74, 6) is 0.674. The lowest BCUT2D eigenvalue weighted by Crippen LogP contribution is -2.18. The maximum atomic E-state index is 11.4. The molecule has 0 saturated heterocycles. The van der Waals surface area contributed by atoms with Crippen LogP contribution in [0.5, 0.6) is 5.75 Å². The molecule has 0 aromatic heterocycles. The zero-order valence-corrected chi connectivity index (χ0v) is 11.0. The Morgan fingerprint density at radius 1 is 1.33 bits per heavy atom. The smallest absolute Gasteiger partial charge is 0.344 e. The van der Waals surface area contributed by atoms with Gasteiger partial charge in [-0.2, -0.15) is 0 Å². The standard InChI is InChI=1S/C14H21NO3/c1-3-4-11(2)9-18-14(16)10-17-13-7-5-12(15)6-8-13/h5-8,11H,3-4,9-10,15H2,1-2H3. The van der Waals surface area contributed by atoms with Crippen molar-refractivity contribution in [1.29, 1.82) is 0 Å². The van der Waals surface area contributed by atoms with Gasteiger partial charge < -0.3 is 15.2 Å². The van der Waals surface area contributed by atoms with Crippen molar-refractivity contribution >= 4 is 11.7 Å². The Balaban J connectivity index is 2.22. The van der Waals surface area contributed by atoms with Crippen LogP contribution in [-0.2, 0) is 9.53 Å². The lowest BCUT2D eigenvalue weighted by atomic mass is 10.1. The molecule has 1 unspecified atom stereocenters. The van der Waals surface area contributed by atoms with Crippen LogP contribution in [0.1, 0.15) is 26.7 Å². The Hall–Kier alpha value is -1.71. The fraction of sp³-hybridized carbons (Fsp3) is 0.500. The van der Waals surface area contributed by atoms with Crippen molar-refractivity contribution in [3.8, 4) is 5.75 Å². The van der Waals surface area contributed by atoms with E-state index in [0.29, 0.717) is 24.0 Å². The summed E-state index contributed by atoms with van der Waals surface area (Å²) >= 11 is 0. The topological polar surface area (TPSA) is 61.5 Å². The van der Waals surface area contributed by atoms with Crippen molar-refractivity contribution in [2.24, 2.45) is 5.92 Å². The molecule has 1 atom stereocenters. The number of carbonyl (C=O) groups is 1. The third kappa shape index (κ3) is 5.57. The van der Waals surface area contributed by atoms with Gasteiger partial charge in [0, 0.05) is 5.69 Å². The third-order valence-electron chi connectivity index (χ3n) is 2.55. The summed E-state index contributed by atoms with van der Waals surface area (Å²) in [6, 6.07) is 6.90. The number of nitrogen functional groups attached to an aromatic ring is 1. The minimum Gasteiger partial charge on any atom is -0.482 e. The van der Waals surface area contributed by atoms with E-state index in [0.717, 1.165) is 12.8 Å². The second-order valence-corrected chi connectivity index (χ2v) is 4.43. The summed E-state index contributed by atoms with van der Waals surface area (Å²) < 4.78 is 10.4. The van der Waals surface area contributed by atoms with Crippen molar-refractivity contribution in [2.45, 2.75) is 26.7 Å². The highest BCUT2D eigenvalue weighted by Gasteiger charge is 2.07. The van der Waals surface area contributed by atoms with E-state index in [-0.39, 0.29) is 12.6 Å². The molecule has 1 rings (SSSR count). The zero-order chi connectivity index (χ0) is 13.4. The lowest BCUT2D eigenvalue weighted by molar-refractivity contribution is -0.147. The van der Waals surface area contributed by atoms with E-state index in [1.54, 1.807) is 24.3 Å². The van der Waals surface area contributed by atoms with E-state index in [9.17, 15) is 4.79 Å². The SMILES string of the molecule is CCCC(C)COC(=O)COc1ccc(N)cc1. The molecule has 4 heteroatoms. The highest BCUT2D eigenvalue weighted by atomic mass is 16.6. The van der Waals surface area contributed by atoms with Crippen LogP contribution in [0.3, 0.4) is 0 Å². The van der Waals surface area contributed by atoms with Gasteiger partial charge in [-0.05, 0) is 36.6 Å². The first-order valence-corrected chi connectivity index (χ1v) is 6.25. The van der Waals surface area contributed by atoms with Gasteiger partial charge in [-0.25, -0.2) is 4.79 Å². The molecule has 0 heterocycles. The van der Waals surface area contributed by atoms with Gasteiger partial charge in [0.25, 0.3) is 0 Å². The minimum absolute atomic E-state index is 0.0667. The molecule has 1 aromatic rings. The van der Waals surface area contributed by atoms with Crippen molar-refractivity contribution in [1.82, 2.24) is 0 Å². The molecule has 0 aliphatic carbocycles. The molecule has 18 heavy (non-hydrogen) atoms. The lowest BCUT2D eigenvalue weighted by Gasteiger charge is -2.11. The summed E-state index contributed by atoms with van der Waals surface area (Å²) in [5, 5.41) is 0. The minimum atomic E-state index is -0.338. The Morgan fingerprint density at radius 3 is 2.61 bits per heavy atom. The van der Waals surface area contributed by atoms with Gasteiger partial charge in [-0.3, -0.25) is 0 Å². The van der Waals surface area contributed by atoms with Gasteiger partial charge in [0.2, 0.25) is 0 Å². The maximum Gasteiger partial charge on any atom is 0.344 e. The quantitative estimate of drug-likeness (QED) is 0.597. The number of anilines is 1. The van der Waals surface area contributed by atoms with Crippen LogP contribution in [0, 0.1) is 5.92 Å². The first-order valence-electron chi connectivity index (χ1n) is 6.25. The van der Waals surface area contributed by atoms with E-state index in [2.05, 4.69) is 13.8 Å². The van der Waals surface area contributed by atoms with Crippen molar-refractivity contribution < 1.29 is 14.3 Å². The largest absolute Gasteiger partial charge is 0.482 e. The maximum absolute atomic E-state index is 11.4. The molecule has 0 aliphatic rings. The highest BCUT2D eigenvalue weighted by molar-refractivity contribution is 5.71. The van der Waals surface area contributed by atoms with Gasteiger partial charge >= 0.3 is 5.97 Å². The number of benzene rings is 1. The predicted molar refractivity (Wildman–Crippen MR) is 71.4 cm³/mol. The summed E-state index contributed by atoms with van der Waals surface area (Å²) in [7, 11) is 0. The number of ether oxygens (including phenoxy) is 2. The van der Waals surface area contributed by atoms with Crippen molar-refractivity contribution in [3.63, 3.8) is 0 Å². The van der Waals surface area contributed by atoms with Crippen LogP contribution in [-0.4, -0.2) is 19.2 Å². The van der Waals surface area contributed by atoms with Crippen LogP contribution in [0.25, 0.3) is 0 Å². The summed E-state index contributed by atoms with van der Waals surface area (Å²) in [4.78, 5) is 11.4. The molecule has 0 saturated carbocycles. The predicted octanol–water partition coefficient (Wildman–Crippen LogP) is 2.63. The Morgan fingerprint density at radius 2 is 2.00 bits per heavy atom. The van der Waals surface area contributed by atoms with E-state index in [4.69, 9.17) is 15.2 Å². The average Bonchev–Trinajstić information content (AvgIpc) is 2.36. The van der Waals surface area contributed by atoms with Crippen molar-refractivity contribution in [2.75, 3.05) is 18.9 Å². The number of hydrogen-bond donors (Lipinski definition) is 1. The molecule has 0 spiro atoms. The van der Waals surface area contributed by atoms with Crippen LogP contribution < -0.4 is 10.5 Å². The Labute approximate surface area is 108 Å². The van der Waals surface area contributed by atoms with Crippen LogP contribution >= 0.6 is 0 Å².